The highest BCUT2D eigenvalue weighted by molar-refractivity contribution is 7.99. The van der Waals surface area contributed by atoms with E-state index in [0.717, 1.165) is 35.6 Å². The number of halogens is 1. The summed E-state index contributed by atoms with van der Waals surface area (Å²) in [5, 5.41) is 6.77. The Morgan fingerprint density at radius 2 is 2.00 bits per heavy atom. The van der Waals surface area contributed by atoms with E-state index in [9.17, 15) is 9.59 Å². The van der Waals surface area contributed by atoms with Crippen LogP contribution >= 0.6 is 23.4 Å². The van der Waals surface area contributed by atoms with Crippen LogP contribution in [-0.2, 0) is 16.1 Å². The molecule has 0 radical (unpaired) electrons. The summed E-state index contributed by atoms with van der Waals surface area (Å²) in [6, 6.07) is 5.61. The van der Waals surface area contributed by atoms with Gasteiger partial charge in [-0.15, -0.1) is 0 Å². The Morgan fingerprint density at radius 3 is 2.72 bits per heavy atom. The average Bonchev–Trinajstić information content (AvgIpc) is 2.93. The van der Waals surface area contributed by atoms with Gasteiger partial charge in [0, 0.05) is 18.1 Å². The number of nitrogens with one attached hydrogen (secondary N) is 2. The van der Waals surface area contributed by atoms with E-state index in [0.29, 0.717) is 11.6 Å². The lowest BCUT2D eigenvalue weighted by Crippen LogP contribution is -2.37. The first kappa shape index (κ1) is 19.6. The van der Waals surface area contributed by atoms with E-state index in [1.54, 1.807) is 0 Å². The SMILES string of the molecule is CCCNC(=O)CNC(=O)CSc1nc2cc(Cl)ccc2n1CCC. The number of imidazole rings is 1. The zero-order valence-corrected chi connectivity index (χ0v) is 16.0. The second-order valence-electron chi connectivity index (χ2n) is 5.59. The Balaban J connectivity index is 1.96. The van der Waals surface area contributed by atoms with Crippen LogP contribution in [0, 0.1) is 0 Å². The van der Waals surface area contributed by atoms with Gasteiger partial charge in [0.2, 0.25) is 11.8 Å². The van der Waals surface area contributed by atoms with Crippen LogP contribution in [0.5, 0.6) is 0 Å². The number of amides is 2. The number of hydrogen-bond acceptors (Lipinski definition) is 4. The van der Waals surface area contributed by atoms with E-state index in [1.807, 2.05) is 25.1 Å². The topological polar surface area (TPSA) is 76.0 Å². The number of nitrogens with zero attached hydrogens (tertiary/aromatic N) is 2. The lowest BCUT2D eigenvalue weighted by atomic mass is 10.3. The number of carbonyl (C=O) groups excluding carboxylic acids is 2. The number of benzene rings is 1. The number of aromatic nitrogens is 2. The Labute approximate surface area is 156 Å². The van der Waals surface area contributed by atoms with Crippen molar-refractivity contribution in [3.8, 4) is 0 Å². The highest BCUT2D eigenvalue weighted by Crippen LogP contribution is 2.26. The van der Waals surface area contributed by atoms with Crippen molar-refractivity contribution in [3.05, 3.63) is 23.2 Å². The number of thioether (sulfide) groups is 1. The van der Waals surface area contributed by atoms with Crippen LogP contribution in [0.25, 0.3) is 11.0 Å². The fourth-order valence-electron chi connectivity index (χ4n) is 2.32. The maximum absolute atomic E-state index is 12.0. The molecule has 0 saturated carbocycles. The summed E-state index contributed by atoms with van der Waals surface area (Å²) in [7, 11) is 0. The summed E-state index contributed by atoms with van der Waals surface area (Å²) in [4.78, 5) is 28.1. The lowest BCUT2D eigenvalue weighted by molar-refractivity contribution is -0.124. The predicted octanol–water partition coefficient (Wildman–Crippen LogP) is 2.83. The highest BCUT2D eigenvalue weighted by atomic mass is 35.5. The largest absolute Gasteiger partial charge is 0.355 e. The molecule has 25 heavy (non-hydrogen) atoms. The van der Waals surface area contributed by atoms with Gasteiger partial charge in [-0.25, -0.2) is 4.98 Å². The molecule has 2 N–H and O–H groups in total. The normalized spacial score (nSPS) is 10.8. The monoisotopic (exact) mass is 382 g/mol. The van der Waals surface area contributed by atoms with Crippen molar-refractivity contribution in [2.45, 2.75) is 38.4 Å². The van der Waals surface area contributed by atoms with Crippen molar-refractivity contribution < 1.29 is 9.59 Å². The molecule has 2 rings (SSSR count). The smallest absolute Gasteiger partial charge is 0.239 e. The molecule has 6 nitrogen and oxygen atoms in total. The summed E-state index contributed by atoms with van der Waals surface area (Å²) in [6.07, 6.45) is 1.83. The number of aryl methyl sites for hydroxylation is 1. The van der Waals surface area contributed by atoms with E-state index in [4.69, 9.17) is 11.6 Å². The average molecular weight is 383 g/mol. The molecular formula is C17H23ClN4O2S. The second-order valence-corrected chi connectivity index (χ2v) is 6.97. The van der Waals surface area contributed by atoms with Crippen molar-refractivity contribution >= 4 is 46.2 Å². The second kappa shape index (κ2) is 9.68. The van der Waals surface area contributed by atoms with Crippen LogP contribution in [0.2, 0.25) is 5.02 Å². The van der Waals surface area contributed by atoms with Crippen LogP contribution in [0.15, 0.2) is 23.4 Å². The number of carbonyl (C=O) groups is 2. The van der Waals surface area contributed by atoms with Crippen LogP contribution in [0.3, 0.4) is 0 Å². The van der Waals surface area contributed by atoms with E-state index in [-0.39, 0.29) is 24.1 Å². The van der Waals surface area contributed by atoms with Crippen LogP contribution in [0.1, 0.15) is 26.7 Å². The number of hydrogen-bond donors (Lipinski definition) is 2. The molecule has 0 atom stereocenters. The third-order valence-corrected chi connectivity index (χ3v) is 4.68. The molecule has 8 heteroatoms. The Hall–Kier alpha value is -1.73. The lowest BCUT2D eigenvalue weighted by Gasteiger charge is -2.08. The first-order valence-corrected chi connectivity index (χ1v) is 9.73. The Kier molecular flexibility index (Phi) is 7.58. The molecule has 0 saturated heterocycles. The first-order chi connectivity index (χ1) is 12.0. The van der Waals surface area contributed by atoms with Gasteiger partial charge in [-0.1, -0.05) is 37.2 Å². The molecule has 1 heterocycles. The molecule has 0 fully saturated rings. The van der Waals surface area contributed by atoms with Crippen molar-refractivity contribution in [2.75, 3.05) is 18.8 Å². The molecule has 0 bridgehead atoms. The minimum atomic E-state index is -0.190. The molecule has 1 aromatic carbocycles. The molecule has 1 aromatic heterocycles. The van der Waals surface area contributed by atoms with E-state index < -0.39 is 0 Å². The first-order valence-electron chi connectivity index (χ1n) is 8.37. The molecule has 2 amide bonds. The molecule has 136 valence electrons. The predicted molar refractivity (Wildman–Crippen MR) is 102 cm³/mol. The highest BCUT2D eigenvalue weighted by Gasteiger charge is 2.13. The van der Waals surface area contributed by atoms with E-state index in [2.05, 4.69) is 27.1 Å². The zero-order valence-electron chi connectivity index (χ0n) is 14.5. The molecule has 0 aliphatic heterocycles. The Morgan fingerprint density at radius 1 is 1.20 bits per heavy atom. The van der Waals surface area contributed by atoms with Crippen molar-refractivity contribution in [1.29, 1.82) is 0 Å². The van der Waals surface area contributed by atoms with Crippen molar-refractivity contribution in [3.63, 3.8) is 0 Å². The van der Waals surface area contributed by atoms with Gasteiger partial charge in [0.1, 0.15) is 0 Å². The van der Waals surface area contributed by atoms with Crippen LogP contribution in [-0.4, -0.2) is 40.2 Å². The molecular weight excluding hydrogens is 360 g/mol. The minimum Gasteiger partial charge on any atom is -0.355 e. The summed E-state index contributed by atoms with van der Waals surface area (Å²) >= 11 is 7.40. The minimum absolute atomic E-state index is 0.000374. The van der Waals surface area contributed by atoms with Gasteiger partial charge in [0.25, 0.3) is 0 Å². The van der Waals surface area contributed by atoms with Gasteiger partial charge < -0.3 is 15.2 Å². The number of fused-ring (bicyclic) bond motifs is 1. The van der Waals surface area contributed by atoms with Crippen molar-refractivity contribution in [1.82, 2.24) is 20.2 Å². The number of rotatable bonds is 9. The summed E-state index contributed by atoms with van der Waals surface area (Å²) < 4.78 is 2.09. The maximum atomic E-state index is 12.0. The Bertz CT molecular complexity index is 748. The maximum Gasteiger partial charge on any atom is 0.239 e. The van der Waals surface area contributed by atoms with Gasteiger partial charge >= 0.3 is 0 Å². The molecule has 0 unspecified atom stereocenters. The van der Waals surface area contributed by atoms with Crippen LogP contribution in [0.4, 0.5) is 0 Å². The zero-order chi connectivity index (χ0) is 18.2. The van der Waals surface area contributed by atoms with Gasteiger partial charge in [-0.2, -0.15) is 0 Å². The van der Waals surface area contributed by atoms with Gasteiger partial charge in [0.05, 0.1) is 23.3 Å². The van der Waals surface area contributed by atoms with Gasteiger partial charge in [-0.05, 0) is 31.0 Å². The summed E-state index contributed by atoms with van der Waals surface area (Å²) in [5.41, 5.74) is 1.83. The third kappa shape index (κ3) is 5.64. The third-order valence-electron chi connectivity index (χ3n) is 3.47. The summed E-state index contributed by atoms with van der Waals surface area (Å²) in [6.45, 7) is 5.51. The van der Waals surface area contributed by atoms with Gasteiger partial charge in [-0.3, -0.25) is 9.59 Å². The standard InChI is InChI=1S/C17H23ClN4O2S/c1-3-7-19-15(23)10-20-16(24)11-25-17-21-13-9-12(18)5-6-14(13)22(17)8-4-2/h5-6,9H,3-4,7-8,10-11H2,1-2H3,(H,19,23)(H,20,24). The van der Waals surface area contributed by atoms with Crippen LogP contribution < -0.4 is 10.6 Å². The molecule has 0 spiro atoms. The molecule has 0 aliphatic rings. The summed E-state index contributed by atoms with van der Waals surface area (Å²) in [5.74, 6) is -0.153. The molecule has 0 aliphatic carbocycles. The van der Waals surface area contributed by atoms with Crippen molar-refractivity contribution in [2.24, 2.45) is 0 Å². The fraction of sp³-hybridized carbons (Fsp3) is 0.471. The fourth-order valence-corrected chi connectivity index (χ4v) is 3.35. The quantitative estimate of drug-likeness (QED) is 0.654. The van der Waals surface area contributed by atoms with Gasteiger partial charge in [0.15, 0.2) is 5.16 Å². The van der Waals surface area contributed by atoms with E-state index >= 15 is 0 Å². The molecule has 2 aromatic rings. The van der Waals surface area contributed by atoms with E-state index in [1.165, 1.54) is 11.8 Å².